The van der Waals surface area contributed by atoms with E-state index in [2.05, 4.69) is 10.1 Å². The highest BCUT2D eigenvalue weighted by atomic mass is 16.5. The van der Waals surface area contributed by atoms with Crippen LogP contribution in [0.1, 0.15) is 37.5 Å². The summed E-state index contributed by atoms with van der Waals surface area (Å²) < 4.78 is 10.5. The maximum atomic E-state index is 8.84. The third-order valence-corrected chi connectivity index (χ3v) is 2.65. The van der Waals surface area contributed by atoms with E-state index in [4.69, 9.17) is 20.1 Å². The Labute approximate surface area is 87.4 Å². The molecule has 1 fully saturated rings. The van der Waals surface area contributed by atoms with Gasteiger partial charge in [0.05, 0.1) is 6.61 Å². The van der Waals surface area contributed by atoms with Crippen molar-refractivity contribution in [2.24, 2.45) is 5.73 Å². The van der Waals surface area contributed by atoms with Crippen molar-refractivity contribution < 1.29 is 14.4 Å². The number of hydrogen-bond donors (Lipinski definition) is 2. The molecule has 0 bridgehead atoms. The summed E-state index contributed by atoms with van der Waals surface area (Å²) in [5.74, 6) is 0.767. The molecule has 1 aromatic heterocycles. The maximum absolute atomic E-state index is 8.84. The molecule has 2 heterocycles. The van der Waals surface area contributed by atoms with Crippen LogP contribution in [0.5, 0.6) is 0 Å². The highest BCUT2D eigenvalue weighted by Gasteiger charge is 2.37. The van der Waals surface area contributed by atoms with Gasteiger partial charge in [-0.3, -0.25) is 0 Å². The van der Waals surface area contributed by atoms with E-state index in [0.717, 1.165) is 12.8 Å². The van der Waals surface area contributed by atoms with Crippen molar-refractivity contribution >= 4 is 0 Å². The van der Waals surface area contributed by atoms with Crippen LogP contribution in [0.2, 0.25) is 0 Å². The zero-order chi connectivity index (χ0) is 10.9. The zero-order valence-electron chi connectivity index (χ0n) is 8.64. The summed E-state index contributed by atoms with van der Waals surface area (Å²) in [5.41, 5.74) is 5.10. The Hall–Kier alpha value is -0.980. The smallest absolute Gasteiger partial charge is 0.246 e. The van der Waals surface area contributed by atoms with Crippen LogP contribution in [-0.4, -0.2) is 28.5 Å². The zero-order valence-corrected chi connectivity index (χ0v) is 8.64. The molecule has 15 heavy (non-hydrogen) atoms. The third-order valence-electron chi connectivity index (χ3n) is 2.65. The van der Waals surface area contributed by atoms with E-state index >= 15 is 0 Å². The van der Waals surface area contributed by atoms with Crippen LogP contribution in [0.3, 0.4) is 0 Å². The van der Waals surface area contributed by atoms with Crippen molar-refractivity contribution in [2.75, 3.05) is 13.2 Å². The van der Waals surface area contributed by atoms with Gasteiger partial charge in [-0.2, -0.15) is 4.98 Å². The molecule has 1 unspecified atom stereocenters. The number of nitrogens with two attached hydrogens (primary N) is 1. The van der Waals surface area contributed by atoms with Crippen LogP contribution in [-0.2, 0) is 10.3 Å². The second-order valence-corrected chi connectivity index (χ2v) is 3.93. The molecule has 0 aliphatic carbocycles. The molecule has 1 aromatic rings. The van der Waals surface area contributed by atoms with E-state index in [-0.39, 0.29) is 12.5 Å². The molecule has 0 spiro atoms. The second-order valence-electron chi connectivity index (χ2n) is 3.93. The summed E-state index contributed by atoms with van der Waals surface area (Å²) in [6.07, 6.45) is 1.87. The molecule has 1 aliphatic rings. The Morgan fingerprint density at radius 1 is 1.67 bits per heavy atom. The van der Waals surface area contributed by atoms with Gasteiger partial charge in [0, 0.05) is 6.61 Å². The van der Waals surface area contributed by atoms with Crippen molar-refractivity contribution in [3.63, 3.8) is 0 Å². The Morgan fingerprint density at radius 2 is 2.47 bits per heavy atom. The molecule has 1 aliphatic heterocycles. The average Bonchev–Trinajstić information content (AvgIpc) is 2.85. The summed E-state index contributed by atoms with van der Waals surface area (Å²) >= 11 is 0. The SMILES string of the molecule is CC1(c2noc([C@@H](N)CO)n2)CCCO1. The number of nitrogens with zero attached hydrogens (tertiary/aromatic N) is 2. The molecule has 2 atom stereocenters. The molecule has 6 nitrogen and oxygen atoms in total. The normalized spacial score (nSPS) is 28.2. The lowest BCUT2D eigenvalue weighted by molar-refractivity contribution is 0.00768. The fraction of sp³-hybridized carbons (Fsp3) is 0.778. The second kappa shape index (κ2) is 3.88. The summed E-state index contributed by atoms with van der Waals surface area (Å²) in [7, 11) is 0. The summed E-state index contributed by atoms with van der Waals surface area (Å²) in [4.78, 5) is 4.15. The lowest BCUT2D eigenvalue weighted by Gasteiger charge is -2.17. The van der Waals surface area contributed by atoms with Crippen molar-refractivity contribution in [1.29, 1.82) is 0 Å². The molecular formula is C9H15N3O3. The Kier molecular flexibility index (Phi) is 2.72. The molecule has 0 aromatic carbocycles. The Morgan fingerprint density at radius 3 is 3.07 bits per heavy atom. The molecule has 1 saturated heterocycles. The first-order chi connectivity index (χ1) is 7.15. The van der Waals surface area contributed by atoms with Crippen molar-refractivity contribution in [3.05, 3.63) is 11.7 Å². The van der Waals surface area contributed by atoms with E-state index in [1.54, 1.807) is 0 Å². The number of ether oxygens (including phenoxy) is 1. The number of aromatic nitrogens is 2. The average molecular weight is 213 g/mol. The van der Waals surface area contributed by atoms with E-state index in [1.165, 1.54) is 0 Å². The molecule has 2 rings (SSSR count). The maximum Gasteiger partial charge on any atom is 0.246 e. The van der Waals surface area contributed by atoms with Gasteiger partial charge in [0.1, 0.15) is 11.6 Å². The fourth-order valence-electron chi connectivity index (χ4n) is 1.63. The van der Waals surface area contributed by atoms with E-state index in [9.17, 15) is 0 Å². The number of aliphatic hydroxyl groups excluding tert-OH is 1. The predicted octanol–water partition coefficient (Wildman–Crippen LogP) is 0.0873. The lowest BCUT2D eigenvalue weighted by atomic mass is 10.0. The van der Waals surface area contributed by atoms with Crippen LogP contribution in [0, 0.1) is 0 Å². The first kappa shape index (κ1) is 10.5. The standard InChI is InChI=1S/C9H15N3O3/c1-9(3-2-4-14-9)8-11-7(15-12-8)6(10)5-13/h6,13H,2-5,10H2,1H3/t6-,9?/m0/s1. The van der Waals surface area contributed by atoms with E-state index in [1.807, 2.05) is 6.92 Å². The Bertz CT molecular complexity index is 333. The van der Waals surface area contributed by atoms with Gasteiger partial charge in [0.2, 0.25) is 11.7 Å². The molecule has 6 heteroatoms. The van der Waals surface area contributed by atoms with Gasteiger partial charge in [0.25, 0.3) is 0 Å². The first-order valence-electron chi connectivity index (χ1n) is 5.00. The van der Waals surface area contributed by atoms with E-state index < -0.39 is 11.6 Å². The van der Waals surface area contributed by atoms with Gasteiger partial charge in [-0.1, -0.05) is 5.16 Å². The lowest BCUT2D eigenvalue weighted by Crippen LogP contribution is -2.22. The van der Waals surface area contributed by atoms with Crippen LogP contribution in [0.25, 0.3) is 0 Å². The van der Waals surface area contributed by atoms with Crippen LogP contribution < -0.4 is 5.73 Å². The molecular weight excluding hydrogens is 198 g/mol. The van der Waals surface area contributed by atoms with Crippen molar-refractivity contribution in [1.82, 2.24) is 10.1 Å². The Balaban J connectivity index is 2.19. The minimum atomic E-state index is -0.615. The van der Waals surface area contributed by atoms with Gasteiger partial charge in [-0.15, -0.1) is 0 Å². The number of hydrogen-bond acceptors (Lipinski definition) is 6. The summed E-state index contributed by atoms with van der Waals surface area (Å²) in [6.45, 7) is 2.44. The monoisotopic (exact) mass is 213 g/mol. The number of rotatable bonds is 3. The largest absolute Gasteiger partial charge is 0.394 e. The topological polar surface area (TPSA) is 94.4 Å². The molecule has 3 N–H and O–H groups in total. The van der Waals surface area contributed by atoms with Crippen molar-refractivity contribution in [2.45, 2.75) is 31.4 Å². The van der Waals surface area contributed by atoms with Gasteiger partial charge >= 0.3 is 0 Å². The fourth-order valence-corrected chi connectivity index (χ4v) is 1.63. The number of aliphatic hydroxyl groups is 1. The predicted molar refractivity (Wildman–Crippen MR) is 50.9 cm³/mol. The van der Waals surface area contributed by atoms with Crippen LogP contribution in [0.4, 0.5) is 0 Å². The molecule has 0 radical (unpaired) electrons. The minimum absolute atomic E-state index is 0.209. The van der Waals surface area contributed by atoms with Gasteiger partial charge in [0.15, 0.2) is 0 Å². The van der Waals surface area contributed by atoms with E-state index in [0.29, 0.717) is 12.4 Å². The van der Waals surface area contributed by atoms with Gasteiger partial charge in [-0.25, -0.2) is 0 Å². The quantitative estimate of drug-likeness (QED) is 0.738. The summed E-state index contributed by atoms with van der Waals surface area (Å²) in [6, 6.07) is -0.615. The van der Waals surface area contributed by atoms with Gasteiger partial charge < -0.3 is 20.1 Å². The minimum Gasteiger partial charge on any atom is -0.394 e. The van der Waals surface area contributed by atoms with Crippen molar-refractivity contribution in [3.8, 4) is 0 Å². The van der Waals surface area contributed by atoms with Gasteiger partial charge in [-0.05, 0) is 19.8 Å². The molecule has 0 saturated carbocycles. The van der Waals surface area contributed by atoms with Crippen LogP contribution >= 0.6 is 0 Å². The third kappa shape index (κ3) is 1.88. The summed E-state index contributed by atoms with van der Waals surface area (Å²) in [5, 5.41) is 12.7. The first-order valence-corrected chi connectivity index (χ1v) is 5.00. The van der Waals surface area contributed by atoms with Crippen LogP contribution in [0.15, 0.2) is 4.52 Å². The highest BCUT2D eigenvalue weighted by molar-refractivity contribution is 5.03. The highest BCUT2D eigenvalue weighted by Crippen LogP contribution is 2.33. The molecule has 84 valence electrons. The molecule has 0 amide bonds.